The number of ether oxygens (including phenoxy) is 1. The van der Waals surface area contributed by atoms with Crippen LogP contribution in [0.5, 0.6) is 5.75 Å². The first-order chi connectivity index (χ1) is 19.8. The topological polar surface area (TPSA) is 9.23 Å². The predicted molar refractivity (Wildman–Crippen MR) is 165 cm³/mol. The van der Waals surface area contributed by atoms with Gasteiger partial charge >= 0.3 is 0 Å². The molecule has 6 rings (SSSR count). The van der Waals surface area contributed by atoms with Crippen LogP contribution >= 0.6 is 0 Å². The van der Waals surface area contributed by atoms with Crippen LogP contribution in [0.2, 0.25) is 0 Å². The van der Waals surface area contributed by atoms with Gasteiger partial charge in [0.1, 0.15) is 5.75 Å². The molecule has 0 atom stereocenters. The van der Waals surface area contributed by atoms with Crippen LogP contribution in [0.1, 0.15) is 38.9 Å². The Morgan fingerprint density at radius 3 is 1.10 bits per heavy atom. The van der Waals surface area contributed by atoms with Crippen LogP contribution in [0, 0.1) is 5.92 Å². The van der Waals surface area contributed by atoms with Gasteiger partial charge in [0.05, 0.1) is 18.4 Å². The normalized spacial score (nSPS) is 11.3. The molecule has 0 bridgehead atoms. The third-order valence-electron chi connectivity index (χ3n) is 7.67. The molecular weight excluding hydrogens is 484 g/mol. The number of benzene rings is 6. The minimum atomic E-state index is -0.463. The SMILES string of the molecule is COc1ccc([C](c2ccccc2)c2ccc(C(c3ccccc3)(c3ccccc3)c3ccccc3)cc2)cc1. The van der Waals surface area contributed by atoms with Crippen molar-refractivity contribution in [3.05, 3.63) is 215 Å². The Kier molecular flexibility index (Phi) is 7.28. The Bertz CT molecular complexity index is 1530. The van der Waals surface area contributed by atoms with Gasteiger partial charge in [-0.3, -0.25) is 0 Å². The predicted octanol–water partition coefficient (Wildman–Crippen LogP) is 9.10. The van der Waals surface area contributed by atoms with Gasteiger partial charge in [0.15, 0.2) is 0 Å². The van der Waals surface area contributed by atoms with Gasteiger partial charge in [-0.25, -0.2) is 0 Å². The highest BCUT2D eigenvalue weighted by Gasteiger charge is 2.38. The highest BCUT2D eigenvalue weighted by Crippen LogP contribution is 2.45. The van der Waals surface area contributed by atoms with Crippen molar-refractivity contribution in [2.45, 2.75) is 5.41 Å². The van der Waals surface area contributed by atoms with Gasteiger partial charge in [-0.2, -0.15) is 0 Å². The van der Waals surface area contributed by atoms with Gasteiger partial charge in [-0.15, -0.1) is 0 Å². The number of rotatable bonds is 8. The average molecular weight is 516 g/mol. The van der Waals surface area contributed by atoms with Crippen molar-refractivity contribution < 1.29 is 4.74 Å². The minimum Gasteiger partial charge on any atom is -0.497 e. The van der Waals surface area contributed by atoms with Crippen LogP contribution in [0.3, 0.4) is 0 Å². The zero-order chi connectivity index (χ0) is 27.2. The van der Waals surface area contributed by atoms with E-state index in [0.29, 0.717) is 0 Å². The van der Waals surface area contributed by atoms with Crippen LogP contribution in [0.15, 0.2) is 170 Å². The first-order valence-corrected chi connectivity index (χ1v) is 13.6. The molecule has 0 heterocycles. The molecule has 0 amide bonds. The van der Waals surface area contributed by atoms with Gasteiger partial charge in [-0.05, 0) is 51.1 Å². The molecule has 6 aromatic rings. The molecule has 0 aliphatic carbocycles. The number of hydrogen-bond donors (Lipinski definition) is 0. The standard InChI is InChI=1S/C39H31O/c1-40-37-28-24-32(25-29-37)38(30-14-6-2-7-15-30)31-22-26-36(27-23-31)39(33-16-8-3-9-17-33,34-18-10-4-11-19-34)35-20-12-5-13-21-35/h2-29H,1H3. The maximum Gasteiger partial charge on any atom is 0.118 e. The van der Waals surface area contributed by atoms with E-state index in [2.05, 4.69) is 158 Å². The molecule has 0 saturated heterocycles. The van der Waals surface area contributed by atoms with E-state index in [1.54, 1.807) is 7.11 Å². The maximum absolute atomic E-state index is 5.43. The smallest absolute Gasteiger partial charge is 0.118 e. The molecule has 0 aromatic heterocycles. The maximum atomic E-state index is 5.43. The van der Waals surface area contributed by atoms with E-state index >= 15 is 0 Å². The summed E-state index contributed by atoms with van der Waals surface area (Å²) < 4.78 is 5.43. The summed E-state index contributed by atoms with van der Waals surface area (Å²) in [4.78, 5) is 0. The molecule has 6 aromatic carbocycles. The Morgan fingerprint density at radius 2 is 0.700 bits per heavy atom. The van der Waals surface area contributed by atoms with Crippen molar-refractivity contribution in [3.63, 3.8) is 0 Å². The van der Waals surface area contributed by atoms with Crippen molar-refractivity contribution in [2.75, 3.05) is 7.11 Å². The lowest BCUT2D eigenvalue weighted by atomic mass is 9.65. The lowest BCUT2D eigenvalue weighted by Gasteiger charge is -2.37. The zero-order valence-corrected chi connectivity index (χ0v) is 22.6. The van der Waals surface area contributed by atoms with Gasteiger partial charge < -0.3 is 4.74 Å². The van der Waals surface area contributed by atoms with E-state index in [-0.39, 0.29) is 0 Å². The van der Waals surface area contributed by atoms with Gasteiger partial charge in [0.2, 0.25) is 0 Å². The summed E-state index contributed by atoms with van der Waals surface area (Å²) in [5.74, 6) is 2.05. The first kappa shape index (κ1) is 25.4. The quantitative estimate of drug-likeness (QED) is 0.184. The van der Waals surface area contributed by atoms with E-state index in [1.165, 1.54) is 39.3 Å². The number of methoxy groups -OCH3 is 1. The minimum absolute atomic E-state index is 0.463. The Hall–Kier alpha value is -4.88. The monoisotopic (exact) mass is 515 g/mol. The van der Waals surface area contributed by atoms with Crippen LogP contribution in [-0.2, 0) is 5.41 Å². The second-order valence-corrected chi connectivity index (χ2v) is 9.89. The van der Waals surface area contributed by atoms with E-state index in [4.69, 9.17) is 4.74 Å². The van der Waals surface area contributed by atoms with Crippen LogP contribution in [-0.4, -0.2) is 7.11 Å². The van der Waals surface area contributed by atoms with Gasteiger partial charge in [-0.1, -0.05) is 158 Å². The van der Waals surface area contributed by atoms with Crippen molar-refractivity contribution >= 4 is 0 Å². The van der Waals surface area contributed by atoms with Crippen LogP contribution in [0.25, 0.3) is 0 Å². The lowest BCUT2D eigenvalue weighted by Crippen LogP contribution is -2.31. The molecule has 1 nitrogen and oxygen atoms in total. The summed E-state index contributed by atoms with van der Waals surface area (Å²) in [6.45, 7) is 0. The van der Waals surface area contributed by atoms with E-state index in [0.717, 1.165) is 11.3 Å². The average Bonchev–Trinajstić information content (AvgIpc) is 3.05. The van der Waals surface area contributed by atoms with E-state index in [9.17, 15) is 0 Å². The fourth-order valence-electron chi connectivity index (χ4n) is 5.81. The largest absolute Gasteiger partial charge is 0.497 e. The summed E-state index contributed by atoms with van der Waals surface area (Å²) in [6.07, 6.45) is 0. The highest BCUT2D eigenvalue weighted by molar-refractivity contribution is 5.63. The Morgan fingerprint density at radius 1 is 0.375 bits per heavy atom. The fourth-order valence-corrected chi connectivity index (χ4v) is 5.81. The van der Waals surface area contributed by atoms with Crippen molar-refractivity contribution in [1.82, 2.24) is 0 Å². The molecule has 40 heavy (non-hydrogen) atoms. The van der Waals surface area contributed by atoms with Crippen LogP contribution in [0.4, 0.5) is 0 Å². The molecule has 0 N–H and O–H groups in total. The van der Waals surface area contributed by atoms with Gasteiger partial charge in [0.25, 0.3) is 0 Å². The van der Waals surface area contributed by atoms with Crippen molar-refractivity contribution in [1.29, 1.82) is 0 Å². The fraction of sp³-hybridized carbons (Fsp3) is 0.0513. The molecule has 1 radical (unpaired) electrons. The summed E-state index contributed by atoms with van der Waals surface area (Å²) in [5.41, 5.74) is 7.98. The van der Waals surface area contributed by atoms with E-state index in [1.807, 2.05) is 12.1 Å². The molecule has 0 saturated carbocycles. The lowest BCUT2D eigenvalue weighted by molar-refractivity contribution is 0.414. The summed E-state index contributed by atoms with van der Waals surface area (Å²) in [7, 11) is 1.70. The second kappa shape index (κ2) is 11.5. The highest BCUT2D eigenvalue weighted by atomic mass is 16.5. The van der Waals surface area contributed by atoms with E-state index < -0.39 is 5.41 Å². The zero-order valence-electron chi connectivity index (χ0n) is 22.6. The Balaban J connectivity index is 1.54. The van der Waals surface area contributed by atoms with Crippen LogP contribution < -0.4 is 4.74 Å². The molecule has 1 heteroatoms. The molecule has 0 aliphatic rings. The van der Waals surface area contributed by atoms with Crippen molar-refractivity contribution in [2.24, 2.45) is 0 Å². The molecule has 0 aliphatic heterocycles. The third-order valence-corrected chi connectivity index (χ3v) is 7.67. The summed E-state index contributed by atoms with van der Waals surface area (Å²) in [5, 5.41) is 0. The Labute approximate surface area is 237 Å². The van der Waals surface area contributed by atoms with Gasteiger partial charge in [0, 0.05) is 0 Å². The molecule has 193 valence electrons. The summed E-state index contributed by atoms with van der Waals surface area (Å²) in [6, 6.07) is 60.6. The molecule has 0 unspecified atom stereocenters. The molecular formula is C39H31O. The molecule has 0 spiro atoms. The first-order valence-electron chi connectivity index (χ1n) is 13.6. The number of hydrogen-bond acceptors (Lipinski definition) is 1. The third kappa shape index (κ3) is 4.72. The second-order valence-electron chi connectivity index (χ2n) is 9.89. The summed E-state index contributed by atoms with van der Waals surface area (Å²) >= 11 is 0. The van der Waals surface area contributed by atoms with Crippen molar-refractivity contribution in [3.8, 4) is 5.75 Å². The molecule has 0 fully saturated rings.